The summed E-state index contributed by atoms with van der Waals surface area (Å²) in [6.07, 6.45) is 0.456. The molecule has 9 nitrogen and oxygen atoms in total. The van der Waals surface area contributed by atoms with E-state index >= 15 is 0 Å². The summed E-state index contributed by atoms with van der Waals surface area (Å²) in [7, 11) is 2.39. The number of carbonyl (C=O) groups is 4. The number of methoxy groups -OCH3 is 2. The number of hydrogen-bond acceptors (Lipinski definition) is 8. The van der Waals surface area contributed by atoms with Gasteiger partial charge in [0.25, 0.3) is 0 Å². The highest BCUT2D eigenvalue weighted by Gasteiger charge is 2.21. The summed E-state index contributed by atoms with van der Waals surface area (Å²) >= 11 is 0. The van der Waals surface area contributed by atoms with Gasteiger partial charge in [0.15, 0.2) is 0 Å². The van der Waals surface area contributed by atoms with E-state index in [-0.39, 0.29) is 24.1 Å². The lowest BCUT2D eigenvalue weighted by molar-refractivity contribution is -0.143. The monoisotopic (exact) mass is 463 g/mol. The summed E-state index contributed by atoms with van der Waals surface area (Å²) in [4.78, 5) is 48.6. The molecule has 0 saturated heterocycles. The molecular weight excluding hydrogens is 430 g/mol. The zero-order valence-corrected chi connectivity index (χ0v) is 20.5. The van der Waals surface area contributed by atoms with Crippen LogP contribution in [-0.4, -0.2) is 49.4 Å². The van der Waals surface area contributed by atoms with Crippen LogP contribution >= 0.6 is 0 Å². The molecule has 0 unspecified atom stereocenters. The van der Waals surface area contributed by atoms with Crippen molar-refractivity contribution in [1.82, 2.24) is 5.32 Å². The Morgan fingerprint density at radius 1 is 0.909 bits per heavy atom. The summed E-state index contributed by atoms with van der Waals surface area (Å²) < 4.78 is 20.1. The minimum Gasteiger partial charge on any atom is -0.469 e. The van der Waals surface area contributed by atoms with Crippen molar-refractivity contribution in [1.29, 1.82) is 0 Å². The third-order valence-electron chi connectivity index (χ3n) is 3.94. The Balaban J connectivity index is 3.40. The number of amides is 1. The lowest BCUT2D eigenvalue weighted by atomic mass is 10.00. The smallest absolute Gasteiger partial charge is 0.407 e. The predicted octanol–water partition coefficient (Wildman–Crippen LogP) is 3.79. The van der Waals surface area contributed by atoms with Crippen LogP contribution in [0.25, 0.3) is 6.08 Å². The second-order valence-electron chi connectivity index (χ2n) is 9.18. The maximum Gasteiger partial charge on any atom is 0.407 e. The molecular formula is C24H33NO8. The Hall–Kier alpha value is -3.36. The van der Waals surface area contributed by atoms with Crippen molar-refractivity contribution in [2.75, 3.05) is 14.2 Å². The molecule has 1 N–H and O–H groups in total. The Morgan fingerprint density at radius 3 is 2.03 bits per heavy atom. The summed E-state index contributed by atoms with van der Waals surface area (Å²) in [6.45, 7) is 10.5. The molecule has 0 aliphatic heterocycles. The van der Waals surface area contributed by atoms with E-state index in [0.717, 1.165) is 0 Å². The number of carbonyl (C=O) groups excluding carboxylic acids is 4. The molecule has 0 radical (unpaired) electrons. The maximum atomic E-state index is 12.5. The molecule has 0 fully saturated rings. The number of benzene rings is 1. The van der Waals surface area contributed by atoms with E-state index in [1.165, 1.54) is 26.4 Å². The lowest BCUT2D eigenvalue weighted by Gasteiger charge is -2.21. The van der Waals surface area contributed by atoms with Gasteiger partial charge in [-0.1, -0.05) is 6.07 Å². The summed E-state index contributed by atoms with van der Waals surface area (Å²) in [5.41, 5.74) is -0.139. The highest BCUT2D eigenvalue weighted by molar-refractivity contribution is 5.99. The van der Waals surface area contributed by atoms with E-state index in [9.17, 15) is 19.2 Å². The number of esters is 3. The van der Waals surface area contributed by atoms with Crippen molar-refractivity contribution < 1.29 is 38.1 Å². The molecule has 182 valence electrons. The van der Waals surface area contributed by atoms with Crippen molar-refractivity contribution in [2.45, 2.75) is 65.7 Å². The van der Waals surface area contributed by atoms with E-state index in [1.54, 1.807) is 53.7 Å². The molecule has 0 spiro atoms. The first-order valence-corrected chi connectivity index (χ1v) is 10.3. The Morgan fingerprint density at radius 2 is 1.52 bits per heavy atom. The summed E-state index contributed by atoms with van der Waals surface area (Å²) in [6, 6.07) is 4.69. The van der Waals surface area contributed by atoms with Gasteiger partial charge in [-0.15, -0.1) is 0 Å². The number of nitrogens with one attached hydrogen (secondary N) is 1. The van der Waals surface area contributed by atoms with Gasteiger partial charge in [0.05, 0.1) is 26.2 Å². The van der Waals surface area contributed by atoms with Crippen molar-refractivity contribution in [3.63, 3.8) is 0 Å². The van der Waals surface area contributed by atoms with E-state index in [4.69, 9.17) is 14.2 Å². The van der Waals surface area contributed by atoms with E-state index in [0.29, 0.717) is 11.1 Å². The number of alkyl carbamates (subject to hydrolysis) is 1. The quantitative estimate of drug-likeness (QED) is 0.369. The van der Waals surface area contributed by atoms with Crippen molar-refractivity contribution in [3.05, 3.63) is 40.5 Å². The summed E-state index contributed by atoms with van der Waals surface area (Å²) in [5.74, 6) is -1.92. The fraction of sp³-hybridized carbons (Fsp3) is 0.500. The van der Waals surface area contributed by atoms with Gasteiger partial charge in [-0.25, -0.2) is 14.4 Å². The van der Waals surface area contributed by atoms with Crippen LogP contribution in [-0.2, 0) is 35.1 Å². The predicted molar refractivity (Wildman–Crippen MR) is 121 cm³/mol. The molecule has 33 heavy (non-hydrogen) atoms. The van der Waals surface area contributed by atoms with Crippen LogP contribution in [0.2, 0.25) is 0 Å². The number of ether oxygens (including phenoxy) is 4. The SMILES string of the molecule is COC(=O)CC(=Cc1cc(C(=O)OC(C)(C)C)ccc1CNC(=O)OC(C)(C)C)C(=O)OC. The molecule has 0 aromatic heterocycles. The van der Waals surface area contributed by atoms with Crippen LogP contribution in [0.4, 0.5) is 4.79 Å². The Labute approximate surface area is 194 Å². The van der Waals surface area contributed by atoms with Crippen molar-refractivity contribution in [2.24, 2.45) is 0 Å². The summed E-state index contributed by atoms with van der Waals surface area (Å²) in [5, 5.41) is 2.64. The van der Waals surface area contributed by atoms with Crippen molar-refractivity contribution >= 4 is 30.1 Å². The maximum absolute atomic E-state index is 12.5. The fourth-order valence-corrected chi connectivity index (χ4v) is 2.56. The molecule has 9 heteroatoms. The Kier molecular flexibility index (Phi) is 9.63. The van der Waals surface area contributed by atoms with Gasteiger partial charge in [0.1, 0.15) is 11.2 Å². The van der Waals surface area contributed by atoms with Gasteiger partial charge in [-0.2, -0.15) is 0 Å². The van der Waals surface area contributed by atoms with Gasteiger partial charge in [-0.3, -0.25) is 4.79 Å². The molecule has 0 saturated carbocycles. The van der Waals surface area contributed by atoms with Crippen LogP contribution in [0.1, 0.15) is 69.4 Å². The van der Waals surface area contributed by atoms with Gasteiger partial charge >= 0.3 is 24.0 Å². The highest BCUT2D eigenvalue weighted by Crippen LogP contribution is 2.21. The highest BCUT2D eigenvalue weighted by atomic mass is 16.6. The normalized spacial score (nSPS) is 11.9. The van der Waals surface area contributed by atoms with Crippen LogP contribution in [0.5, 0.6) is 0 Å². The molecule has 1 amide bonds. The van der Waals surface area contributed by atoms with Crippen molar-refractivity contribution in [3.8, 4) is 0 Å². The van der Waals surface area contributed by atoms with Gasteiger partial charge in [-0.05, 0) is 70.9 Å². The van der Waals surface area contributed by atoms with Crippen LogP contribution in [0, 0.1) is 0 Å². The van der Waals surface area contributed by atoms with E-state index in [2.05, 4.69) is 10.1 Å². The Bertz CT molecular complexity index is 919. The minimum absolute atomic E-state index is 0.0178. The number of hydrogen-bond donors (Lipinski definition) is 1. The average Bonchev–Trinajstić information content (AvgIpc) is 2.68. The van der Waals surface area contributed by atoms with E-state index < -0.39 is 35.2 Å². The second kappa shape index (κ2) is 11.5. The third-order valence-corrected chi connectivity index (χ3v) is 3.94. The second-order valence-corrected chi connectivity index (χ2v) is 9.18. The number of rotatable bonds is 7. The van der Waals surface area contributed by atoms with E-state index in [1.807, 2.05) is 0 Å². The fourth-order valence-electron chi connectivity index (χ4n) is 2.56. The molecule has 0 aliphatic rings. The van der Waals surface area contributed by atoms with Crippen LogP contribution < -0.4 is 5.32 Å². The van der Waals surface area contributed by atoms with Crippen LogP contribution in [0.15, 0.2) is 23.8 Å². The molecule has 0 bridgehead atoms. The first-order valence-electron chi connectivity index (χ1n) is 10.3. The molecule has 1 rings (SSSR count). The first-order chi connectivity index (χ1) is 15.1. The zero-order valence-electron chi connectivity index (χ0n) is 20.5. The largest absolute Gasteiger partial charge is 0.469 e. The molecule has 0 atom stereocenters. The van der Waals surface area contributed by atoms with Gasteiger partial charge < -0.3 is 24.3 Å². The standard InChI is InChI=1S/C24H33NO8/c1-23(2,3)32-21(28)15-9-10-16(14-25-22(29)33-24(4,5)6)17(11-15)12-18(20(27)31-8)13-19(26)30-7/h9-12H,13-14H2,1-8H3,(H,25,29). The van der Waals surface area contributed by atoms with Gasteiger partial charge in [0, 0.05) is 12.1 Å². The average molecular weight is 464 g/mol. The zero-order chi connectivity index (χ0) is 25.4. The molecule has 0 heterocycles. The molecule has 1 aromatic carbocycles. The molecule has 1 aromatic rings. The lowest BCUT2D eigenvalue weighted by Crippen LogP contribution is -2.32. The minimum atomic E-state index is -0.728. The first kappa shape index (κ1) is 27.7. The topological polar surface area (TPSA) is 117 Å². The van der Waals surface area contributed by atoms with Crippen LogP contribution in [0.3, 0.4) is 0 Å². The third kappa shape index (κ3) is 10.2. The van der Waals surface area contributed by atoms with Gasteiger partial charge in [0.2, 0.25) is 0 Å². The molecule has 0 aliphatic carbocycles.